The number of carbonyl (C=O) groups excluding carboxylic acids is 5. The van der Waals surface area contributed by atoms with Crippen LogP contribution in [0, 0.1) is 17.7 Å². The van der Waals surface area contributed by atoms with Crippen molar-refractivity contribution in [1.29, 1.82) is 0 Å². The Bertz CT molecular complexity index is 1260. The second-order valence-electron chi connectivity index (χ2n) is 10.5. The first-order chi connectivity index (χ1) is 19.7. The minimum atomic E-state index is -1.14. The van der Waals surface area contributed by atoms with Crippen LogP contribution in [0.3, 0.4) is 0 Å². The van der Waals surface area contributed by atoms with Crippen molar-refractivity contribution >= 4 is 29.5 Å². The lowest BCUT2D eigenvalue weighted by molar-refractivity contribution is -0.133. The van der Waals surface area contributed by atoms with E-state index in [0.29, 0.717) is 24.9 Å². The highest BCUT2D eigenvalue weighted by Crippen LogP contribution is 2.33. The zero-order valence-corrected chi connectivity index (χ0v) is 22.5. The molecule has 218 valence electrons. The maximum atomic E-state index is 13.5. The number of carbonyl (C=O) groups is 5. The average molecular weight is 568 g/mol. The van der Waals surface area contributed by atoms with Crippen LogP contribution in [0.5, 0.6) is 0 Å². The number of hydrogen-bond donors (Lipinski definition) is 5. The molecule has 1 aromatic heterocycles. The normalized spacial score (nSPS) is 18.8. The van der Waals surface area contributed by atoms with E-state index in [4.69, 9.17) is 5.73 Å². The van der Waals surface area contributed by atoms with Gasteiger partial charge >= 0.3 is 0 Å². The van der Waals surface area contributed by atoms with Crippen molar-refractivity contribution in [1.82, 2.24) is 31.2 Å². The van der Waals surface area contributed by atoms with Gasteiger partial charge in [-0.3, -0.25) is 29.0 Å². The Morgan fingerprint density at radius 3 is 2.29 bits per heavy atom. The predicted octanol–water partition coefficient (Wildman–Crippen LogP) is 0.128. The van der Waals surface area contributed by atoms with Crippen LogP contribution in [0.25, 0.3) is 0 Å². The molecular formula is C28H34FN7O5. The van der Waals surface area contributed by atoms with Gasteiger partial charge in [0.2, 0.25) is 23.6 Å². The summed E-state index contributed by atoms with van der Waals surface area (Å²) in [5, 5.41) is 10.7. The number of aromatic nitrogens is 2. The molecule has 6 N–H and O–H groups in total. The van der Waals surface area contributed by atoms with E-state index in [1.54, 1.807) is 0 Å². The molecule has 13 heteroatoms. The first kappa shape index (κ1) is 29.6. The van der Waals surface area contributed by atoms with Gasteiger partial charge in [0.25, 0.3) is 5.91 Å². The van der Waals surface area contributed by atoms with Gasteiger partial charge < -0.3 is 27.0 Å². The molecule has 1 aliphatic heterocycles. The van der Waals surface area contributed by atoms with E-state index in [0.717, 1.165) is 19.3 Å². The van der Waals surface area contributed by atoms with Gasteiger partial charge in [0, 0.05) is 31.3 Å². The highest BCUT2D eigenvalue weighted by molar-refractivity contribution is 5.97. The van der Waals surface area contributed by atoms with E-state index in [1.807, 2.05) is 0 Å². The Hall–Kier alpha value is -4.42. The molecule has 41 heavy (non-hydrogen) atoms. The van der Waals surface area contributed by atoms with E-state index in [2.05, 4.69) is 31.2 Å². The molecule has 2 aliphatic rings. The molecule has 4 rings (SSSR count). The Kier molecular flexibility index (Phi) is 9.93. The summed E-state index contributed by atoms with van der Waals surface area (Å²) < 4.78 is 13.5. The minimum Gasteiger partial charge on any atom is -0.368 e. The van der Waals surface area contributed by atoms with Crippen LogP contribution < -0.4 is 27.0 Å². The second-order valence-corrected chi connectivity index (χ2v) is 10.5. The van der Waals surface area contributed by atoms with Crippen LogP contribution in [0.4, 0.5) is 4.39 Å². The van der Waals surface area contributed by atoms with Gasteiger partial charge in [-0.25, -0.2) is 9.37 Å². The summed E-state index contributed by atoms with van der Waals surface area (Å²) in [6, 6.07) is 2.24. The molecule has 1 saturated heterocycles. The quantitative estimate of drug-likeness (QED) is 0.228. The van der Waals surface area contributed by atoms with Crippen molar-refractivity contribution < 1.29 is 28.4 Å². The lowest BCUT2D eigenvalue weighted by atomic mass is 9.91. The van der Waals surface area contributed by atoms with Crippen molar-refractivity contribution in [3.05, 3.63) is 59.9 Å². The molecule has 5 amide bonds. The second kappa shape index (κ2) is 13.8. The van der Waals surface area contributed by atoms with E-state index in [-0.39, 0.29) is 30.4 Å². The van der Waals surface area contributed by atoms with Crippen LogP contribution in [-0.4, -0.2) is 64.2 Å². The lowest BCUT2D eigenvalue weighted by Crippen LogP contribution is -2.57. The fourth-order valence-corrected chi connectivity index (χ4v) is 4.77. The summed E-state index contributed by atoms with van der Waals surface area (Å²) in [4.78, 5) is 71.9. The molecule has 0 bridgehead atoms. The van der Waals surface area contributed by atoms with Crippen LogP contribution in [-0.2, 0) is 25.6 Å². The maximum absolute atomic E-state index is 13.5. The summed E-state index contributed by atoms with van der Waals surface area (Å²) in [6.45, 7) is 0.560. The van der Waals surface area contributed by atoms with Crippen molar-refractivity contribution in [2.75, 3.05) is 6.54 Å². The summed E-state index contributed by atoms with van der Waals surface area (Å²) in [5.41, 5.74) is 6.13. The SMILES string of the molecule is NC(=O)[C@H](C[C@@H]1CCCNC1=O)NC(=O)[C@H](CC1CC1)NC(=O)[C@H](Cc1ccc(F)cc1)NC(=O)c1cnccn1. The molecule has 4 atom stereocenters. The third-order valence-corrected chi connectivity index (χ3v) is 7.25. The van der Waals surface area contributed by atoms with Gasteiger partial charge in [0.1, 0.15) is 29.6 Å². The predicted molar refractivity (Wildman–Crippen MR) is 144 cm³/mol. The molecule has 2 aromatic rings. The van der Waals surface area contributed by atoms with Crippen molar-refractivity contribution in [2.45, 2.75) is 63.1 Å². The van der Waals surface area contributed by atoms with Crippen LogP contribution in [0.2, 0.25) is 0 Å². The third-order valence-electron chi connectivity index (χ3n) is 7.25. The van der Waals surface area contributed by atoms with Gasteiger partial charge in [0.15, 0.2) is 0 Å². The molecule has 2 heterocycles. The maximum Gasteiger partial charge on any atom is 0.272 e. The third kappa shape index (κ3) is 8.78. The standard InChI is InChI=1S/C28H34FN7O5/c29-19-7-5-17(6-8-19)13-22(36-28(41)23-15-31-10-11-32-23)27(40)35-21(12-16-3-4-16)26(39)34-20(24(30)37)14-18-2-1-9-33-25(18)38/h5-8,10-11,15-16,18,20-22H,1-4,9,12-14H2,(H2,30,37)(H,33,38)(H,34,39)(H,35,40)(H,36,41)/t18-,20-,21-,22-/m0/s1. The highest BCUT2D eigenvalue weighted by atomic mass is 19.1. The first-order valence-corrected chi connectivity index (χ1v) is 13.7. The number of halogens is 1. The largest absolute Gasteiger partial charge is 0.368 e. The monoisotopic (exact) mass is 567 g/mol. The summed E-state index contributed by atoms with van der Waals surface area (Å²) in [6.07, 6.45) is 7.50. The molecule has 2 fully saturated rings. The Morgan fingerprint density at radius 1 is 0.951 bits per heavy atom. The lowest BCUT2D eigenvalue weighted by Gasteiger charge is -2.27. The minimum absolute atomic E-state index is 0.00673. The molecule has 0 radical (unpaired) electrons. The Labute approximate surface area is 236 Å². The zero-order valence-electron chi connectivity index (χ0n) is 22.5. The van der Waals surface area contributed by atoms with Gasteiger partial charge in [0.05, 0.1) is 6.20 Å². The molecule has 0 unspecified atom stereocenters. The topological polar surface area (TPSA) is 185 Å². The van der Waals surface area contributed by atoms with Crippen molar-refractivity contribution in [2.24, 2.45) is 17.6 Å². The molecule has 1 aliphatic carbocycles. The first-order valence-electron chi connectivity index (χ1n) is 13.7. The summed E-state index contributed by atoms with van der Waals surface area (Å²) in [5.74, 6) is -3.57. The fourth-order valence-electron chi connectivity index (χ4n) is 4.77. The van der Waals surface area contributed by atoms with Crippen LogP contribution >= 0.6 is 0 Å². The number of piperidine rings is 1. The van der Waals surface area contributed by atoms with E-state index in [1.165, 1.54) is 42.9 Å². The number of primary amides is 1. The van der Waals surface area contributed by atoms with Crippen molar-refractivity contribution in [3.63, 3.8) is 0 Å². The zero-order chi connectivity index (χ0) is 29.4. The van der Waals surface area contributed by atoms with E-state index in [9.17, 15) is 28.4 Å². The van der Waals surface area contributed by atoms with Gasteiger partial charge in [-0.2, -0.15) is 0 Å². The molecule has 1 aromatic carbocycles. The van der Waals surface area contributed by atoms with Gasteiger partial charge in [-0.15, -0.1) is 0 Å². The molecular weight excluding hydrogens is 533 g/mol. The molecule has 1 saturated carbocycles. The number of rotatable bonds is 13. The van der Waals surface area contributed by atoms with Crippen LogP contribution in [0.1, 0.15) is 54.6 Å². The number of amides is 5. The summed E-state index contributed by atoms with van der Waals surface area (Å²) in [7, 11) is 0. The number of nitrogens with zero attached hydrogens (tertiary/aromatic N) is 2. The average Bonchev–Trinajstić information content (AvgIpc) is 3.78. The number of nitrogens with one attached hydrogen (secondary N) is 4. The van der Waals surface area contributed by atoms with E-state index < -0.39 is 53.5 Å². The Balaban J connectivity index is 1.48. The Morgan fingerprint density at radius 2 is 1.66 bits per heavy atom. The smallest absolute Gasteiger partial charge is 0.272 e. The molecule has 0 spiro atoms. The molecule has 12 nitrogen and oxygen atoms in total. The highest BCUT2D eigenvalue weighted by Gasteiger charge is 2.35. The summed E-state index contributed by atoms with van der Waals surface area (Å²) >= 11 is 0. The van der Waals surface area contributed by atoms with Crippen LogP contribution in [0.15, 0.2) is 42.9 Å². The van der Waals surface area contributed by atoms with Gasteiger partial charge in [-0.1, -0.05) is 25.0 Å². The van der Waals surface area contributed by atoms with Gasteiger partial charge in [-0.05, 0) is 49.3 Å². The fraction of sp³-hybridized carbons (Fsp3) is 0.464. The number of hydrogen-bond acceptors (Lipinski definition) is 7. The number of benzene rings is 1. The number of nitrogens with two attached hydrogens (primary N) is 1. The van der Waals surface area contributed by atoms with Crippen molar-refractivity contribution in [3.8, 4) is 0 Å². The van der Waals surface area contributed by atoms with E-state index >= 15 is 0 Å².